The number of hydrogen-bond acceptors (Lipinski definition) is 7. The van der Waals surface area contributed by atoms with Gasteiger partial charge in [-0.1, -0.05) is 0 Å². The Morgan fingerprint density at radius 3 is 2.30 bits per heavy atom. The highest BCUT2D eigenvalue weighted by Crippen LogP contribution is 2.40. The molecule has 1 aromatic heterocycles. The summed E-state index contributed by atoms with van der Waals surface area (Å²) in [6, 6.07) is 13.8. The third kappa shape index (κ3) is 4.27. The maximum absolute atomic E-state index is 13.2. The molecule has 188 valence electrons. The Kier molecular flexibility index (Phi) is 6.09. The maximum atomic E-state index is 13.2. The number of aromatic nitrogens is 1. The lowest BCUT2D eigenvalue weighted by Gasteiger charge is -2.11. The highest BCUT2D eigenvalue weighted by Gasteiger charge is 2.31. The van der Waals surface area contributed by atoms with Gasteiger partial charge in [0, 0.05) is 41.3 Å². The molecule has 0 spiro atoms. The predicted molar refractivity (Wildman–Crippen MR) is 138 cm³/mol. The zero-order valence-electron chi connectivity index (χ0n) is 21.1. The summed E-state index contributed by atoms with van der Waals surface area (Å²) in [4.78, 5) is 26.0. The van der Waals surface area contributed by atoms with E-state index in [0.29, 0.717) is 28.4 Å². The number of rotatable bonds is 6. The molecule has 1 aliphatic heterocycles. The third-order valence-electron chi connectivity index (χ3n) is 6.34. The number of ketones is 1. The topological polar surface area (TPSA) is 85.2 Å². The molecule has 0 radical (unpaired) electrons. The lowest BCUT2D eigenvalue weighted by atomic mass is 10.1. The Hall–Kier alpha value is -4.72. The van der Waals surface area contributed by atoms with Crippen LogP contribution in [-0.2, 0) is 7.05 Å². The molecule has 5 rings (SSSR count). The molecule has 8 nitrogen and oxygen atoms in total. The fraction of sp³-hybridized carbons (Fsp3) is 0.172. The molecule has 0 atom stereocenters. The van der Waals surface area contributed by atoms with Gasteiger partial charge in [0.05, 0.1) is 32.5 Å². The first-order chi connectivity index (χ1) is 17.8. The van der Waals surface area contributed by atoms with Gasteiger partial charge in [0.15, 0.2) is 5.76 Å². The quantitative estimate of drug-likeness (QED) is 0.201. The highest BCUT2D eigenvalue weighted by atomic mass is 16.5. The number of aryl methyl sites for hydroxylation is 1. The number of hydrogen-bond donors (Lipinski definition) is 0. The van der Waals surface area contributed by atoms with E-state index in [4.69, 9.17) is 23.7 Å². The summed E-state index contributed by atoms with van der Waals surface area (Å²) in [5.41, 5.74) is 3.03. The molecule has 0 saturated carbocycles. The second kappa shape index (κ2) is 9.39. The molecule has 1 aliphatic rings. The van der Waals surface area contributed by atoms with Crippen LogP contribution in [0.15, 0.2) is 60.5 Å². The van der Waals surface area contributed by atoms with Gasteiger partial charge in [-0.2, -0.15) is 0 Å². The zero-order chi connectivity index (χ0) is 26.3. The van der Waals surface area contributed by atoms with Gasteiger partial charge in [0.1, 0.15) is 28.7 Å². The number of benzene rings is 3. The van der Waals surface area contributed by atoms with Gasteiger partial charge in [-0.15, -0.1) is 0 Å². The van der Waals surface area contributed by atoms with E-state index in [2.05, 4.69) is 0 Å². The van der Waals surface area contributed by atoms with Crippen LogP contribution in [0.1, 0.15) is 31.8 Å². The minimum atomic E-state index is -0.593. The third-order valence-corrected chi connectivity index (χ3v) is 6.34. The average Bonchev–Trinajstić information content (AvgIpc) is 3.41. The summed E-state index contributed by atoms with van der Waals surface area (Å²) in [7, 11) is 6.55. The van der Waals surface area contributed by atoms with Crippen molar-refractivity contribution in [3.63, 3.8) is 0 Å². The van der Waals surface area contributed by atoms with Gasteiger partial charge in [-0.05, 0) is 55.5 Å². The largest absolute Gasteiger partial charge is 0.497 e. The van der Waals surface area contributed by atoms with E-state index in [9.17, 15) is 9.59 Å². The van der Waals surface area contributed by atoms with Crippen molar-refractivity contribution < 1.29 is 33.3 Å². The summed E-state index contributed by atoms with van der Waals surface area (Å²) in [6.45, 7) is 1.74. The summed E-state index contributed by atoms with van der Waals surface area (Å²) in [5.74, 6) is 1.65. The van der Waals surface area contributed by atoms with Crippen LogP contribution in [0.5, 0.6) is 28.7 Å². The van der Waals surface area contributed by atoms with Crippen LogP contribution in [0, 0.1) is 6.92 Å². The molecule has 0 aliphatic carbocycles. The second-order valence-electron chi connectivity index (χ2n) is 8.57. The molecule has 3 aromatic carbocycles. The van der Waals surface area contributed by atoms with Crippen molar-refractivity contribution >= 4 is 28.7 Å². The van der Waals surface area contributed by atoms with Crippen LogP contribution in [0.4, 0.5) is 0 Å². The van der Waals surface area contributed by atoms with Gasteiger partial charge in [0.2, 0.25) is 5.78 Å². The lowest BCUT2D eigenvalue weighted by Crippen LogP contribution is -2.10. The standard InChI is InChI=1S/C29H25NO7/c1-16-25(37-29(32)17-10-20(34-4)13-21(11-17)35-5)9-7-22-27(31)26(36-28(16)22)12-18-15-30(2)24-8-6-19(33-3)14-23(18)24/h6-15H,1-5H3. The minimum absolute atomic E-state index is 0.189. The van der Waals surface area contributed by atoms with Crippen LogP contribution in [0.2, 0.25) is 0 Å². The van der Waals surface area contributed by atoms with Crippen LogP contribution < -0.4 is 23.7 Å². The smallest absolute Gasteiger partial charge is 0.343 e. The summed E-state index contributed by atoms with van der Waals surface area (Å²) in [6.07, 6.45) is 3.65. The number of nitrogens with zero attached hydrogens (tertiary/aromatic N) is 1. The monoisotopic (exact) mass is 499 g/mol. The fourth-order valence-electron chi connectivity index (χ4n) is 4.35. The molecule has 0 amide bonds. The average molecular weight is 500 g/mol. The van der Waals surface area contributed by atoms with Crippen molar-refractivity contribution in [1.82, 2.24) is 4.57 Å². The van der Waals surface area contributed by atoms with Crippen molar-refractivity contribution in [2.45, 2.75) is 6.92 Å². The zero-order valence-corrected chi connectivity index (χ0v) is 21.1. The molecular weight excluding hydrogens is 474 g/mol. The number of allylic oxidation sites excluding steroid dienone is 1. The first-order valence-corrected chi connectivity index (χ1v) is 11.5. The Balaban J connectivity index is 1.45. The van der Waals surface area contributed by atoms with E-state index < -0.39 is 5.97 Å². The Bertz CT molecular complexity index is 1570. The highest BCUT2D eigenvalue weighted by molar-refractivity contribution is 6.15. The normalized spacial score (nSPS) is 13.4. The van der Waals surface area contributed by atoms with Crippen LogP contribution in [-0.4, -0.2) is 37.6 Å². The van der Waals surface area contributed by atoms with Gasteiger partial charge in [-0.25, -0.2) is 4.79 Å². The number of fused-ring (bicyclic) bond motifs is 2. The summed E-state index contributed by atoms with van der Waals surface area (Å²) < 4.78 is 29.5. The molecule has 0 N–H and O–H groups in total. The number of ether oxygens (including phenoxy) is 5. The Labute approximate surface area is 213 Å². The molecule has 0 fully saturated rings. The number of Topliss-reactive ketones (excluding diaryl/α,β-unsaturated/α-hetero) is 1. The first-order valence-electron chi connectivity index (χ1n) is 11.5. The molecule has 37 heavy (non-hydrogen) atoms. The summed E-state index contributed by atoms with van der Waals surface area (Å²) in [5, 5.41) is 0.932. The molecule has 8 heteroatoms. The van der Waals surface area contributed by atoms with E-state index in [1.54, 1.807) is 50.4 Å². The fourth-order valence-corrected chi connectivity index (χ4v) is 4.35. The molecule has 0 unspecified atom stereocenters. The molecular formula is C29H25NO7. The van der Waals surface area contributed by atoms with Crippen molar-refractivity contribution in [2.24, 2.45) is 7.05 Å². The maximum Gasteiger partial charge on any atom is 0.343 e. The SMILES string of the molecule is COc1cc(OC)cc(C(=O)Oc2ccc3c(c2C)OC(=Cc2cn(C)c4ccc(OC)cc24)C3=O)c1. The predicted octanol–water partition coefficient (Wildman–Crippen LogP) is 5.35. The Morgan fingerprint density at radius 2 is 1.62 bits per heavy atom. The van der Waals surface area contributed by atoms with Crippen molar-refractivity contribution in [3.05, 3.63) is 82.7 Å². The van der Waals surface area contributed by atoms with Crippen LogP contribution in [0.25, 0.3) is 17.0 Å². The lowest BCUT2D eigenvalue weighted by molar-refractivity contribution is 0.0732. The number of carbonyl (C=O) groups excluding carboxylic acids is 2. The van der Waals surface area contributed by atoms with E-state index in [0.717, 1.165) is 22.2 Å². The van der Waals surface area contributed by atoms with E-state index >= 15 is 0 Å². The van der Waals surface area contributed by atoms with Crippen molar-refractivity contribution in [2.75, 3.05) is 21.3 Å². The Morgan fingerprint density at radius 1 is 0.919 bits per heavy atom. The number of carbonyl (C=O) groups is 2. The minimum Gasteiger partial charge on any atom is -0.497 e. The van der Waals surface area contributed by atoms with Crippen LogP contribution in [0.3, 0.4) is 0 Å². The van der Waals surface area contributed by atoms with Gasteiger partial charge < -0.3 is 28.3 Å². The first kappa shape index (κ1) is 24.0. The number of esters is 1. The van der Waals surface area contributed by atoms with E-state index in [-0.39, 0.29) is 22.9 Å². The van der Waals surface area contributed by atoms with Gasteiger partial charge in [0.25, 0.3) is 0 Å². The number of methoxy groups -OCH3 is 3. The van der Waals surface area contributed by atoms with E-state index in [1.807, 2.05) is 36.0 Å². The molecule has 2 heterocycles. The van der Waals surface area contributed by atoms with Gasteiger partial charge >= 0.3 is 5.97 Å². The molecule has 0 saturated heterocycles. The second-order valence-corrected chi connectivity index (χ2v) is 8.57. The van der Waals surface area contributed by atoms with E-state index in [1.165, 1.54) is 14.2 Å². The molecule has 0 bridgehead atoms. The molecule has 4 aromatic rings. The van der Waals surface area contributed by atoms with Crippen molar-refractivity contribution in [3.8, 4) is 28.7 Å². The summed E-state index contributed by atoms with van der Waals surface area (Å²) >= 11 is 0. The van der Waals surface area contributed by atoms with Gasteiger partial charge in [-0.3, -0.25) is 4.79 Å². The van der Waals surface area contributed by atoms with Crippen molar-refractivity contribution in [1.29, 1.82) is 0 Å². The van der Waals surface area contributed by atoms with Crippen LogP contribution >= 0.6 is 0 Å².